The lowest BCUT2D eigenvalue weighted by Crippen LogP contribution is -2.52. The fourth-order valence-corrected chi connectivity index (χ4v) is 3.21. The molecular weight excluding hydrogens is 290 g/mol. The van der Waals surface area contributed by atoms with Gasteiger partial charge < -0.3 is 14.5 Å². The second-order valence-electron chi connectivity index (χ2n) is 6.33. The molecule has 0 spiro atoms. The molecule has 5 nitrogen and oxygen atoms in total. The minimum Gasteiger partial charge on any atom is -0.490 e. The quantitative estimate of drug-likeness (QED) is 0.890. The molecular formula is C18H25N3O2. The Morgan fingerprint density at radius 3 is 2.96 bits per heavy atom. The normalized spacial score (nSPS) is 22.2. The first-order valence-corrected chi connectivity index (χ1v) is 8.14. The van der Waals surface area contributed by atoms with Crippen molar-refractivity contribution >= 4 is 0 Å². The summed E-state index contributed by atoms with van der Waals surface area (Å²) in [5.74, 6) is 0.939. The molecule has 1 N–H and O–H groups in total. The number of aromatic amines is 1. The lowest BCUT2D eigenvalue weighted by atomic mass is 9.93. The highest BCUT2D eigenvalue weighted by atomic mass is 16.5. The van der Waals surface area contributed by atoms with Crippen molar-refractivity contribution in [3.63, 3.8) is 0 Å². The van der Waals surface area contributed by atoms with Crippen molar-refractivity contribution in [1.29, 1.82) is 0 Å². The van der Waals surface area contributed by atoms with Gasteiger partial charge >= 0.3 is 0 Å². The highest BCUT2D eigenvalue weighted by molar-refractivity contribution is 5.31. The van der Waals surface area contributed by atoms with Crippen molar-refractivity contribution < 1.29 is 9.47 Å². The molecule has 0 radical (unpaired) electrons. The second kappa shape index (κ2) is 7.15. The van der Waals surface area contributed by atoms with Crippen LogP contribution in [0.2, 0.25) is 0 Å². The zero-order chi connectivity index (χ0) is 16.1. The van der Waals surface area contributed by atoms with Crippen LogP contribution in [0.3, 0.4) is 0 Å². The molecule has 1 aromatic heterocycles. The molecule has 1 saturated heterocycles. The lowest BCUT2D eigenvalue weighted by molar-refractivity contribution is -0.0911. The first-order valence-electron chi connectivity index (χ1n) is 8.14. The Balaban J connectivity index is 1.63. The van der Waals surface area contributed by atoms with E-state index in [2.05, 4.69) is 27.9 Å². The summed E-state index contributed by atoms with van der Waals surface area (Å²) in [4.78, 5) is 9.67. The molecule has 0 amide bonds. The summed E-state index contributed by atoms with van der Waals surface area (Å²) in [5, 5.41) is 0. The molecule has 1 fully saturated rings. The van der Waals surface area contributed by atoms with Crippen molar-refractivity contribution in [2.45, 2.75) is 31.9 Å². The largest absolute Gasteiger partial charge is 0.490 e. The van der Waals surface area contributed by atoms with Gasteiger partial charge in [-0.25, -0.2) is 4.98 Å². The number of hydrogen-bond donors (Lipinski definition) is 1. The van der Waals surface area contributed by atoms with E-state index < -0.39 is 0 Å². The third kappa shape index (κ3) is 3.92. The van der Waals surface area contributed by atoms with Crippen molar-refractivity contribution in [3.8, 4) is 5.75 Å². The molecule has 5 heteroatoms. The number of nitrogens with zero attached hydrogens (tertiary/aromatic N) is 2. The first-order chi connectivity index (χ1) is 11.2. The SMILES string of the molecule is COC1(COc2ccccc2C)CCCN(Cc2cnc[nH]2)C1. The standard InChI is InChI=1S/C18H25N3O2/c1-15-6-3-4-7-17(15)23-13-18(22-2)8-5-9-21(12-18)11-16-10-19-14-20-16/h3-4,6-7,10,14H,5,8-9,11-13H2,1-2H3,(H,19,20). The molecule has 1 unspecified atom stereocenters. The number of aromatic nitrogens is 2. The van der Waals surface area contributed by atoms with Gasteiger partial charge in [-0.05, 0) is 37.9 Å². The van der Waals surface area contributed by atoms with Crippen LogP contribution in [0.15, 0.2) is 36.8 Å². The fourth-order valence-electron chi connectivity index (χ4n) is 3.21. The van der Waals surface area contributed by atoms with Gasteiger partial charge in [0.1, 0.15) is 18.0 Å². The number of methoxy groups -OCH3 is 1. The number of nitrogens with one attached hydrogen (secondary N) is 1. The van der Waals surface area contributed by atoms with Crippen LogP contribution in [0.25, 0.3) is 0 Å². The van der Waals surface area contributed by atoms with E-state index in [0.29, 0.717) is 6.61 Å². The van der Waals surface area contributed by atoms with Crippen LogP contribution < -0.4 is 4.74 Å². The minimum absolute atomic E-state index is 0.249. The Bertz CT molecular complexity index is 614. The Labute approximate surface area is 137 Å². The zero-order valence-corrected chi connectivity index (χ0v) is 13.9. The molecule has 1 aliphatic rings. The van der Waals surface area contributed by atoms with E-state index in [1.165, 1.54) is 0 Å². The molecule has 23 heavy (non-hydrogen) atoms. The molecule has 0 aliphatic carbocycles. The van der Waals surface area contributed by atoms with Crippen molar-refractivity contribution in [1.82, 2.24) is 14.9 Å². The minimum atomic E-state index is -0.249. The number of H-pyrrole nitrogens is 1. The molecule has 1 aromatic carbocycles. The second-order valence-corrected chi connectivity index (χ2v) is 6.33. The maximum atomic E-state index is 6.08. The van der Waals surface area contributed by atoms with Gasteiger partial charge in [0, 0.05) is 32.1 Å². The Morgan fingerprint density at radius 2 is 2.22 bits per heavy atom. The smallest absolute Gasteiger partial charge is 0.122 e. The third-order valence-electron chi connectivity index (χ3n) is 4.58. The average molecular weight is 315 g/mol. The molecule has 3 rings (SSSR count). The average Bonchev–Trinajstić information content (AvgIpc) is 3.07. The van der Waals surface area contributed by atoms with Gasteiger partial charge in [-0.15, -0.1) is 0 Å². The van der Waals surface area contributed by atoms with E-state index in [0.717, 1.165) is 49.5 Å². The number of imidazole rings is 1. The third-order valence-corrected chi connectivity index (χ3v) is 4.58. The van der Waals surface area contributed by atoms with Gasteiger partial charge in [-0.1, -0.05) is 18.2 Å². The van der Waals surface area contributed by atoms with Gasteiger partial charge in [0.2, 0.25) is 0 Å². The highest BCUT2D eigenvalue weighted by Crippen LogP contribution is 2.27. The van der Waals surface area contributed by atoms with Crippen LogP contribution in [0, 0.1) is 6.92 Å². The van der Waals surface area contributed by atoms with E-state index in [9.17, 15) is 0 Å². The van der Waals surface area contributed by atoms with Crippen LogP contribution in [0.4, 0.5) is 0 Å². The van der Waals surface area contributed by atoms with Gasteiger partial charge in [0.25, 0.3) is 0 Å². The number of ether oxygens (including phenoxy) is 2. The van der Waals surface area contributed by atoms with E-state index in [4.69, 9.17) is 9.47 Å². The number of likely N-dealkylation sites (tertiary alicyclic amines) is 1. The summed E-state index contributed by atoms with van der Waals surface area (Å²) in [5.41, 5.74) is 2.04. The number of para-hydroxylation sites is 1. The summed E-state index contributed by atoms with van der Waals surface area (Å²) in [6.07, 6.45) is 5.74. The van der Waals surface area contributed by atoms with Crippen molar-refractivity contribution in [2.75, 3.05) is 26.8 Å². The lowest BCUT2D eigenvalue weighted by Gasteiger charge is -2.41. The van der Waals surface area contributed by atoms with Gasteiger partial charge in [-0.3, -0.25) is 4.90 Å². The topological polar surface area (TPSA) is 50.4 Å². The Kier molecular flexibility index (Phi) is 4.98. The Morgan fingerprint density at radius 1 is 1.35 bits per heavy atom. The molecule has 1 aliphatic heterocycles. The van der Waals surface area contributed by atoms with Gasteiger partial charge in [0.15, 0.2) is 0 Å². The predicted molar refractivity (Wildman–Crippen MR) is 89.5 cm³/mol. The van der Waals surface area contributed by atoms with Crippen LogP contribution in [0.1, 0.15) is 24.1 Å². The number of aryl methyl sites for hydroxylation is 1. The maximum absolute atomic E-state index is 6.08. The van der Waals surface area contributed by atoms with Crippen LogP contribution in [-0.2, 0) is 11.3 Å². The number of piperidine rings is 1. The monoisotopic (exact) mass is 315 g/mol. The number of rotatable bonds is 6. The van der Waals surface area contributed by atoms with Crippen molar-refractivity contribution in [2.24, 2.45) is 0 Å². The van der Waals surface area contributed by atoms with E-state index >= 15 is 0 Å². The molecule has 2 aromatic rings. The molecule has 0 saturated carbocycles. The van der Waals surface area contributed by atoms with Crippen LogP contribution >= 0.6 is 0 Å². The molecule has 0 bridgehead atoms. The van der Waals surface area contributed by atoms with Gasteiger partial charge in [0.05, 0.1) is 6.33 Å². The Hall–Kier alpha value is -1.85. The fraction of sp³-hybridized carbons (Fsp3) is 0.500. The summed E-state index contributed by atoms with van der Waals surface area (Å²) < 4.78 is 12.0. The first kappa shape index (κ1) is 16.0. The summed E-state index contributed by atoms with van der Waals surface area (Å²) in [6, 6.07) is 8.12. The molecule has 2 heterocycles. The predicted octanol–water partition coefficient (Wildman–Crippen LogP) is 2.78. The van der Waals surface area contributed by atoms with Crippen molar-refractivity contribution in [3.05, 3.63) is 48.0 Å². The van der Waals surface area contributed by atoms with E-state index in [-0.39, 0.29) is 5.60 Å². The molecule has 124 valence electrons. The highest BCUT2D eigenvalue weighted by Gasteiger charge is 2.36. The van der Waals surface area contributed by atoms with E-state index in [1.807, 2.05) is 24.4 Å². The van der Waals surface area contributed by atoms with Crippen LogP contribution in [-0.4, -0.2) is 47.3 Å². The number of benzene rings is 1. The maximum Gasteiger partial charge on any atom is 0.122 e. The summed E-state index contributed by atoms with van der Waals surface area (Å²) in [7, 11) is 1.79. The van der Waals surface area contributed by atoms with Gasteiger partial charge in [-0.2, -0.15) is 0 Å². The molecule has 1 atom stereocenters. The number of hydrogen-bond acceptors (Lipinski definition) is 4. The summed E-state index contributed by atoms with van der Waals surface area (Å²) in [6.45, 7) is 5.46. The summed E-state index contributed by atoms with van der Waals surface area (Å²) >= 11 is 0. The zero-order valence-electron chi connectivity index (χ0n) is 13.9. The van der Waals surface area contributed by atoms with E-state index in [1.54, 1.807) is 13.4 Å². The van der Waals surface area contributed by atoms with Crippen LogP contribution in [0.5, 0.6) is 5.75 Å².